The van der Waals surface area contributed by atoms with E-state index in [1.54, 1.807) is 27.6 Å². The van der Waals surface area contributed by atoms with E-state index in [-0.39, 0.29) is 0 Å². The lowest BCUT2D eigenvalue weighted by atomic mass is 10.1. The molecule has 0 amide bonds. The van der Waals surface area contributed by atoms with Crippen LogP contribution in [0.25, 0.3) is 0 Å². The fourth-order valence-corrected chi connectivity index (χ4v) is 2.42. The normalized spacial score (nSPS) is 12.0. The third-order valence-corrected chi connectivity index (χ3v) is 3.70. The fraction of sp³-hybridized carbons (Fsp3) is 0.571. The Morgan fingerprint density at radius 3 is 2.15 bits per heavy atom. The van der Waals surface area contributed by atoms with Crippen LogP contribution in [0.1, 0.15) is 12.0 Å². The van der Waals surface area contributed by atoms with Gasteiger partial charge in [0.15, 0.2) is 11.5 Å². The van der Waals surface area contributed by atoms with Gasteiger partial charge in [0.1, 0.15) is 0 Å². The predicted octanol–water partition coefficient (Wildman–Crippen LogP) is 1.57. The van der Waals surface area contributed by atoms with Gasteiger partial charge in [-0.15, -0.1) is 0 Å². The van der Waals surface area contributed by atoms with E-state index in [0.29, 0.717) is 23.8 Å². The van der Waals surface area contributed by atoms with Gasteiger partial charge in [-0.25, -0.2) is 0 Å². The molecule has 1 rings (SSSR count). The molecule has 1 atom stereocenters. The number of rotatable bonds is 9. The summed E-state index contributed by atoms with van der Waals surface area (Å²) in [6.45, 7) is 1.53. The Labute approximate surface area is 123 Å². The van der Waals surface area contributed by atoms with Crippen LogP contribution in [0.2, 0.25) is 0 Å². The van der Waals surface area contributed by atoms with E-state index in [0.717, 1.165) is 24.3 Å². The molecule has 1 N–H and O–H groups in total. The number of hydrogen-bond donors (Lipinski definition) is 1. The molecule has 6 heteroatoms. The van der Waals surface area contributed by atoms with Crippen LogP contribution in [0.5, 0.6) is 17.2 Å². The van der Waals surface area contributed by atoms with E-state index in [9.17, 15) is 4.21 Å². The lowest BCUT2D eigenvalue weighted by Crippen LogP contribution is -2.16. The first-order chi connectivity index (χ1) is 9.62. The zero-order chi connectivity index (χ0) is 15.0. The van der Waals surface area contributed by atoms with Gasteiger partial charge in [0, 0.05) is 29.4 Å². The van der Waals surface area contributed by atoms with E-state index >= 15 is 0 Å². The van der Waals surface area contributed by atoms with Crippen molar-refractivity contribution in [2.24, 2.45) is 0 Å². The molecule has 1 unspecified atom stereocenters. The predicted molar refractivity (Wildman–Crippen MR) is 81.4 cm³/mol. The topological polar surface area (TPSA) is 56.8 Å². The van der Waals surface area contributed by atoms with Gasteiger partial charge < -0.3 is 19.5 Å². The standard InChI is InChI=1S/C14H23NO4S/c1-17-12-8-11(9-13(18-2)14(12)19-3)10-15-6-5-7-20(4)16/h8-9,15H,5-7,10H2,1-4H3. The second-order valence-electron chi connectivity index (χ2n) is 4.34. The molecule has 20 heavy (non-hydrogen) atoms. The van der Waals surface area contributed by atoms with E-state index in [2.05, 4.69) is 5.32 Å². The maximum atomic E-state index is 11.0. The molecule has 0 saturated heterocycles. The van der Waals surface area contributed by atoms with Crippen LogP contribution in [0.4, 0.5) is 0 Å². The Morgan fingerprint density at radius 1 is 1.10 bits per heavy atom. The number of nitrogens with one attached hydrogen (secondary N) is 1. The summed E-state index contributed by atoms with van der Waals surface area (Å²) >= 11 is 0. The van der Waals surface area contributed by atoms with Crippen molar-refractivity contribution in [3.05, 3.63) is 17.7 Å². The van der Waals surface area contributed by atoms with Crippen molar-refractivity contribution in [2.75, 3.05) is 39.9 Å². The van der Waals surface area contributed by atoms with E-state index in [1.165, 1.54) is 0 Å². The lowest BCUT2D eigenvalue weighted by molar-refractivity contribution is 0.323. The first-order valence-electron chi connectivity index (χ1n) is 6.42. The van der Waals surface area contributed by atoms with Crippen LogP contribution in [0, 0.1) is 0 Å². The van der Waals surface area contributed by atoms with Crippen LogP contribution in [0.15, 0.2) is 12.1 Å². The molecule has 0 aliphatic heterocycles. The molecule has 1 aromatic rings. The second kappa shape index (κ2) is 8.81. The summed E-state index contributed by atoms with van der Waals surface area (Å²) in [7, 11) is 4.07. The summed E-state index contributed by atoms with van der Waals surface area (Å²) in [6.07, 6.45) is 2.62. The molecule has 0 heterocycles. The van der Waals surface area contributed by atoms with Crippen LogP contribution in [-0.2, 0) is 17.3 Å². The van der Waals surface area contributed by atoms with Crippen molar-refractivity contribution in [3.8, 4) is 17.2 Å². The molecule has 0 aromatic heterocycles. The van der Waals surface area contributed by atoms with Gasteiger partial charge >= 0.3 is 0 Å². The quantitative estimate of drug-likeness (QED) is 0.702. The minimum Gasteiger partial charge on any atom is -0.493 e. The molecule has 0 radical (unpaired) electrons. The van der Waals surface area contributed by atoms with Crippen molar-refractivity contribution < 1.29 is 18.4 Å². The molecule has 0 bridgehead atoms. The largest absolute Gasteiger partial charge is 0.493 e. The van der Waals surface area contributed by atoms with E-state index < -0.39 is 10.8 Å². The Bertz CT molecular complexity index is 426. The van der Waals surface area contributed by atoms with Gasteiger partial charge in [-0.1, -0.05) is 0 Å². The zero-order valence-electron chi connectivity index (χ0n) is 12.5. The minimum atomic E-state index is -0.725. The number of benzene rings is 1. The first kappa shape index (κ1) is 16.8. The molecule has 0 aliphatic rings. The highest BCUT2D eigenvalue weighted by Crippen LogP contribution is 2.38. The highest BCUT2D eigenvalue weighted by molar-refractivity contribution is 7.84. The maximum Gasteiger partial charge on any atom is 0.203 e. The second-order valence-corrected chi connectivity index (χ2v) is 5.90. The molecule has 0 fully saturated rings. The molecular formula is C14H23NO4S. The summed E-state index contributed by atoms with van der Waals surface area (Å²) in [5.74, 6) is 2.62. The van der Waals surface area contributed by atoms with Gasteiger partial charge in [0.2, 0.25) is 5.75 Å². The third-order valence-electron chi connectivity index (χ3n) is 2.84. The Morgan fingerprint density at radius 2 is 1.70 bits per heavy atom. The Balaban J connectivity index is 2.64. The Kier molecular flexibility index (Phi) is 7.40. The van der Waals surface area contributed by atoms with Crippen molar-refractivity contribution in [3.63, 3.8) is 0 Å². The first-order valence-corrected chi connectivity index (χ1v) is 8.14. The molecule has 114 valence electrons. The average Bonchev–Trinajstić information content (AvgIpc) is 2.45. The Hall–Kier alpha value is -1.27. The fourth-order valence-electron chi connectivity index (χ4n) is 1.87. The minimum absolute atomic E-state index is 0.597. The molecule has 5 nitrogen and oxygen atoms in total. The van der Waals surface area contributed by atoms with Crippen molar-refractivity contribution in [1.29, 1.82) is 0 Å². The van der Waals surface area contributed by atoms with Crippen molar-refractivity contribution in [2.45, 2.75) is 13.0 Å². The van der Waals surface area contributed by atoms with Gasteiger partial charge in [-0.3, -0.25) is 4.21 Å². The van der Waals surface area contributed by atoms with Crippen LogP contribution in [0.3, 0.4) is 0 Å². The summed E-state index contributed by atoms with van der Waals surface area (Å²) in [5, 5.41) is 3.31. The van der Waals surface area contributed by atoms with E-state index in [4.69, 9.17) is 14.2 Å². The summed E-state index contributed by atoms with van der Waals surface area (Å²) in [6, 6.07) is 3.85. The third kappa shape index (κ3) is 5.02. The van der Waals surface area contributed by atoms with Crippen molar-refractivity contribution in [1.82, 2.24) is 5.32 Å². The van der Waals surface area contributed by atoms with E-state index in [1.807, 2.05) is 12.1 Å². The van der Waals surface area contributed by atoms with Crippen LogP contribution >= 0.6 is 0 Å². The summed E-state index contributed by atoms with van der Waals surface area (Å²) in [5.41, 5.74) is 1.05. The number of ether oxygens (including phenoxy) is 3. The molecule has 0 spiro atoms. The molecule has 0 aliphatic carbocycles. The zero-order valence-corrected chi connectivity index (χ0v) is 13.3. The molecular weight excluding hydrogens is 278 g/mol. The monoisotopic (exact) mass is 301 g/mol. The molecule has 1 aromatic carbocycles. The molecule has 0 saturated carbocycles. The van der Waals surface area contributed by atoms with Gasteiger partial charge in [0.25, 0.3) is 0 Å². The smallest absolute Gasteiger partial charge is 0.203 e. The maximum absolute atomic E-state index is 11.0. The number of hydrogen-bond acceptors (Lipinski definition) is 5. The van der Waals surface area contributed by atoms with Crippen molar-refractivity contribution >= 4 is 10.8 Å². The lowest BCUT2D eigenvalue weighted by Gasteiger charge is -2.14. The highest BCUT2D eigenvalue weighted by atomic mass is 32.2. The van der Waals surface area contributed by atoms with Gasteiger partial charge in [0.05, 0.1) is 21.3 Å². The number of methoxy groups -OCH3 is 3. The van der Waals surface area contributed by atoms with Gasteiger partial charge in [-0.05, 0) is 30.7 Å². The van der Waals surface area contributed by atoms with Crippen LogP contribution in [-0.4, -0.2) is 44.1 Å². The summed E-state index contributed by atoms with van der Waals surface area (Å²) < 4.78 is 26.8. The van der Waals surface area contributed by atoms with Crippen LogP contribution < -0.4 is 19.5 Å². The SMILES string of the molecule is COc1cc(CNCCCS(C)=O)cc(OC)c1OC. The summed E-state index contributed by atoms with van der Waals surface area (Å²) in [4.78, 5) is 0. The highest BCUT2D eigenvalue weighted by Gasteiger charge is 2.12. The van der Waals surface area contributed by atoms with Gasteiger partial charge in [-0.2, -0.15) is 0 Å². The average molecular weight is 301 g/mol.